The molecule has 4 unspecified atom stereocenters. The van der Waals surface area contributed by atoms with Gasteiger partial charge in [-0.05, 0) is 5.56 Å². The molecule has 120 valence electrons. The van der Waals surface area contributed by atoms with Crippen LogP contribution in [0.5, 0.6) is 0 Å². The van der Waals surface area contributed by atoms with E-state index in [-0.39, 0.29) is 23.5 Å². The Balaban J connectivity index is 2.18. The highest BCUT2D eigenvalue weighted by molar-refractivity contribution is 5.80. The van der Waals surface area contributed by atoms with Crippen molar-refractivity contribution in [1.29, 1.82) is 0 Å². The van der Waals surface area contributed by atoms with Gasteiger partial charge in [0.15, 0.2) is 11.9 Å². The van der Waals surface area contributed by atoms with Crippen LogP contribution in [0.25, 0.3) is 11.0 Å². The quantitative estimate of drug-likeness (QED) is 0.357. The Hall–Kier alpha value is -1.98. The Labute approximate surface area is 123 Å². The molecule has 2 aromatic rings. The van der Waals surface area contributed by atoms with Crippen LogP contribution in [0.15, 0.2) is 11.0 Å². The van der Waals surface area contributed by atoms with E-state index >= 15 is 0 Å². The van der Waals surface area contributed by atoms with Crippen LogP contribution in [0.3, 0.4) is 0 Å². The van der Waals surface area contributed by atoms with Gasteiger partial charge in [-0.3, -0.25) is 9.78 Å². The van der Waals surface area contributed by atoms with Crippen LogP contribution in [-0.4, -0.2) is 54.8 Å². The third-order valence-electron chi connectivity index (χ3n) is 3.79. The summed E-state index contributed by atoms with van der Waals surface area (Å²) < 4.78 is 6.84. The zero-order valence-corrected chi connectivity index (χ0v) is 11.5. The molecule has 3 heterocycles. The highest BCUT2D eigenvalue weighted by Gasteiger charge is 2.44. The third kappa shape index (κ3) is 2.09. The monoisotopic (exact) mass is 311 g/mol. The first-order chi connectivity index (χ1) is 10.5. The van der Waals surface area contributed by atoms with E-state index in [9.17, 15) is 15.0 Å². The summed E-state index contributed by atoms with van der Waals surface area (Å²) in [5.74, 6) is -0.0906. The van der Waals surface area contributed by atoms with Crippen molar-refractivity contribution < 1.29 is 20.1 Å². The van der Waals surface area contributed by atoms with Gasteiger partial charge in [-0.25, -0.2) is 0 Å². The highest BCUT2D eigenvalue weighted by Crippen LogP contribution is 2.32. The Morgan fingerprint density at radius 2 is 2.14 bits per heavy atom. The third-order valence-corrected chi connectivity index (χ3v) is 3.79. The largest absolute Gasteiger partial charge is 0.394 e. The summed E-state index contributed by atoms with van der Waals surface area (Å²) in [7, 11) is 0. The maximum Gasteiger partial charge on any atom is 0.262 e. The van der Waals surface area contributed by atoms with Crippen LogP contribution < -0.4 is 17.0 Å². The Morgan fingerprint density at radius 3 is 2.73 bits per heavy atom. The molecule has 4 atom stereocenters. The number of nitrogens with zero attached hydrogens (tertiary/aromatic N) is 2. The maximum atomic E-state index is 12.0. The lowest BCUT2D eigenvalue weighted by atomic mass is 10.1. The Morgan fingerprint density at radius 1 is 1.41 bits per heavy atom. The lowest BCUT2D eigenvalue weighted by molar-refractivity contribution is -0.0509. The van der Waals surface area contributed by atoms with Gasteiger partial charge < -0.3 is 36.1 Å². The molecule has 8 N–H and O–H groups in total. The second-order valence-electron chi connectivity index (χ2n) is 5.14. The number of H-pyrrole nitrogens is 1. The van der Waals surface area contributed by atoms with Crippen molar-refractivity contribution in [2.75, 3.05) is 12.3 Å². The smallest absolute Gasteiger partial charge is 0.262 e. The molecule has 2 aromatic heterocycles. The van der Waals surface area contributed by atoms with Crippen LogP contribution in [0, 0.1) is 0 Å². The molecular weight excluding hydrogens is 294 g/mol. The summed E-state index contributed by atoms with van der Waals surface area (Å²) in [5.41, 5.74) is 11.4. The summed E-state index contributed by atoms with van der Waals surface area (Å²) in [5, 5.41) is 29.4. The molecule has 0 aliphatic carbocycles. The van der Waals surface area contributed by atoms with E-state index in [2.05, 4.69) is 9.97 Å². The van der Waals surface area contributed by atoms with Crippen LogP contribution >= 0.6 is 0 Å². The minimum atomic E-state index is -1.29. The summed E-state index contributed by atoms with van der Waals surface area (Å²) in [6.45, 7) is -0.374. The maximum absolute atomic E-state index is 12.0. The molecule has 10 nitrogen and oxygen atoms in total. The van der Waals surface area contributed by atoms with E-state index in [0.717, 1.165) is 0 Å². The van der Waals surface area contributed by atoms with E-state index in [0.29, 0.717) is 5.56 Å². The molecule has 0 spiro atoms. The van der Waals surface area contributed by atoms with Crippen LogP contribution in [0.1, 0.15) is 11.8 Å². The van der Waals surface area contributed by atoms with Gasteiger partial charge in [0.2, 0.25) is 5.95 Å². The second kappa shape index (κ2) is 5.34. The number of aliphatic hydroxyl groups excluding tert-OH is 3. The number of rotatable bonds is 3. The van der Waals surface area contributed by atoms with Gasteiger partial charge in [0.25, 0.3) is 5.56 Å². The standard InChI is InChI=1S/C12H17N5O5/c13-1-4-2-17(9-6(4)10(21)16-12(14)15-9)11-8(20)7(19)5(3-18)22-11/h2,5,7-8,11,18-20H,1,3,13H2,(H3,14,15,16,21). The number of nitrogen functional groups attached to an aromatic ring is 1. The fraction of sp³-hybridized carbons (Fsp3) is 0.500. The van der Waals surface area contributed by atoms with E-state index in [4.69, 9.17) is 21.3 Å². The number of nitrogens with two attached hydrogens (primary N) is 2. The fourth-order valence-corrected chi connectivity index (χ4v) is 2.71. The number of nitrogens with one attached hydrogen (secondary N) is 1. The van der Waals surface area contributed by atoms with E-state index in [1.807, 2.05) is 0 Å². The first-order valence-electron chi connectivity index (χ1n) is 6.69. The van der Waals surface area contributed by atoms with Crippen LogP contribution in [0.2, 0.25) is 0 Å². The van der Waals surface area contributed by atoms with Crippen molar-refractivity contribution in [2.24, 2.45) is 5.73 Å². The zero-order valence-electron chi connectivity index (χ0n) is 11.5. The molecule has 1 aliphatic rings. The van der Waals surface area contributed by atoms with Crippen LogP contribution in [0.4, 0.5) is 5.95 Å². The number of fused-ring (bicyclic) bond motifs is 1. The lowest BCUT2D eigenvalue weighted by Crippen LogP contribution is -2.33. The van der Waals surface area contributed by atoms with Crippen molar-refractivity contribution in [3.8, 4) is 0 Å². The first kappa shape index (κ1) is 14.9. The molecule has 22 heavy (non-hydrogen) atoms. The summed E-state index contributed by atoms with van der Waals surface area (Å²) >= 11 is 0. The SMILES string of the molecule is NCc1cn(C2OC(CO)C(O)C2O)c2nc(N)[nH]c(=O)c12. The molecule has 0 amide bonds. The highest BCUT2D eigenvalue weighted by atomic mass is 16.6. The molecule has 1 aliphatic heterocycles. The summed E-state index contributed by atoms with van der Waals surface area (Å²) in [6.07, 6.45) is -2.97. The topological polar surface area (TPSA) is 173 Å². The van der Waals surface area contributed by atoms with E-state index in [1.165, 1.54) is 10.8 Å². The predicted molar refractivity (Wildman–Crippen MR) is 75.7 cm³/mol. The van der Waals surface area contributed by atoms with Gasteiger partial charge in [0.1, 0.15) is 18.3 Å². The molecule has 1 saturated heterocycles. The molecule has 0 radical (unpaired) electrons. The number of aliphatic hydroxyl groups is 3. The van der Waals surface area contributed by atoms with Crippen molar-refractivity contribution in [1.82, 2.24) is 14.5 Å². The van der Waals surface area contributed by atoms with Gasteiger partial charge >= 0.3 is 0 Å². The van der Waals surface area contributed by atoms with Crippen molar-refractivity contribution >= 4 is 17.0 Å². The Bertz CT molecular complexity index is 756. The molecule has 0 bridgehead atoms. The fourth-order valence-electron chi connectivity index (χ4n) is 2.71. The second-order valence-corrected chi connectivity index (χ2v) is 5.14. The number of hydrogen-bond acceptors (Lipinski definition) is 8. The molecule has 1 fully saturated rings. The molecular formula is C12H17N5O5. The number of anilines is 1. The number of hydrogen-bond donors (Lipinski definition) is 6. The summed E-state index contributed by atoms with van der Waals surface area (Å²) in [6, 6.07) is 0. The normalized spacial score (nSPS) is 28.5. The van der Waals surface area contributed by atoms with Gasteiger partial charge in [0, 0.05) is 12.7 Å². The average molecular weight is 311 g/mol. The summed E-state index contributed by atoms with van der Waals surface area (Å²) in [4.78, 5) is 18.5. The minimum absolute atomic E-state index is 0.0764. The average Bonchev–Trinajstić information content (AvgIpc) is 2.98. The van der Waals surface area contributed by atoms with Gasteiger partial charge in [-0.15, -0.1) is 0 Å². The van der Waals surface area contributed by atoms with Gasteiger partial charge in [-0.1, -0.05) is 0 Å². The van der Waals surface area contributed by atoms with Gasteiger partial charge in [-0.2, -0.15) is 4.98 Å². The molecule has 0 aromatic carbocycles. The predicted octanol–water partition coefficient (Wildman–Crippen LogP) is -2.62. The first-order valence-corrected chi connectivity index (χ1v) is 6.69. The van der Waals surface area contributed by atoms with Crippen molar-refractivity contribution in [3.63, 3.8) is 0 Å². The van der Waals surface area contributed by atoms with E-state index < -0.39 is 36.7 Å². The molecule has 10 heteroatoms. The molecule has 3 rings (SSSR count). The van der Waals surface area contributed by atoms with Crippen molar-refractivity contribution in [2.45, 2.75) is 31.1 Å². The minimum Gasteiger partial charge on any atom is -0.394 e. The number of ether oxygens (including phenoxy) is 1. The molecule has 0 saturated carbocycles. The number of aromatic nitrogens is 3. The zero-order chi connectivity index (χ0) is 16.0. The lowest BCUT2D eigenvalue weighted by Gasteiger charge is -2.17. The van der Waals surface area contributed by atoms with E-state index in [1.54, 1.807) is 0 Å². The van der Waals surface area contributed by atoms with Crippen molar-refractivity contribution in [3.05, 3.63) is 22.1 Å². The van der Waals surface area contributed by atoms with Crippen LogP contribution in [-0.2, 0) is 11.3 Å². The Kier molecular flexibility index (Phi) is 3.62. The number of aromatic amines is 1. The van der Waals surface area contributed by atoms with Gasteiger partial charge in [0.05, 0.1) is 12.0 Å².